The first-order valence-corrected chi connectivity index (χ1v) is 4.53. The molecule has 0 saturated carbocycles. The Hall–Kier alpha value is -1.97. The first kappa shape index (κ1) is 9.58. The molecule has 0 aliphatic rings. The standard InChI is InChI=1S/C11H10FN3/c1-15-8-13-14-11(15)7-4-9-2-5-10(12)6-3-9/h2-8H,1H3. The molecule has 0 radical (unpaired) electrons. The van der Waals surface area contributed by atoms with E-state index < -0.39 is 0 Å². The Labute approximate surface area is 86.9 Å². The van der Waals surface area contributed by atoms with Crippen molar-refractivity contribution in [3.63, 3.8) is 0 Å². The van der Waals surface area contributed by atoms with Gasteiger partial charge in [-0.15, -0.1) is 10.2 Å². The predicted molar refractivity (Wildman–Crippen MR) is 56.3 cm³/mol. The van der Waals surface area contributed by atoms with Crippen LogP contribution in [0.3, 0.4) is 0 Å². The van der Waals surface area contributed by atoms with Gasteiger partial charge in [-0.05, 0) is 23.8 Å². The molecule has 0 N–H and O–H groups in total. The summed E-state index contributed by atoms with van der Waals surface area (Å²) in [5.74, 6) is 0.533. The van der Waals surface area contributed by atoms with Crippen molar-refractivity contribution < 1.29 is 4.39 Å². The SMILES string of the molecule is Cn1cnnc1C=Cc1ccc(F)cc1. The molecule has 15 heavy (non-hydrogen) atoms. The number of nitrogens with zero attached hydrogens (tertiary/aromatic N) is 3. The lowest BCUT2D eigenvalue weighted by atomic mass is 10.2. The minimum atomic E-state index is -0.231. The summed E-state index contributed by atoms with van der Waals surface area (Å²) in [5.41, 5.74) is 0.930. The topological polar surface area (TPSA) is 30.7 Å². The number of aromatic nitrogens is 3. The van der Waals surface area contributed by atoms with E-state index in [1.54, 1.807) is 23.0 Å². The van der Waals surface area contributed by atoms with Crippen molar-refractivity contribution in [2.45, 2.75) is 0 Å². The number of halogens is 1. The maximum atomic E-state index is 12.6. The molecule has 0 aliphatic heterocycles. The average molecular weight is 203 g/mol. The van der Waals surface area contributed by atoms with Crippen LogP contribution in [0.4, 0.5) is 4.39 Å². The van der Waals surface area contributed by atoms with E-state index in [9.17, 15) is 4.39 Å². The third-order valence-electron chi connectivity index (χ3n) is 2.04. The molecule has 76 valence electrons. The lowest BCUT2D eigenvalue weighted by Crippen LogP contribution is -1.88. The fourth-order valence-corrected chi connectivity index (χ4v) is 1.19. The van der Waals surface area contributed by atoms with Gasteiger partial charge in [0, 0.05) is 7.05 Å². The second-order valence-electron chi connectivity index (χ2n) is 3.18. The van der Waals surface area contributed by atoms with Crippen LogP contribution < -0.4 is 0 Å². The maximum Gasteiger partial charge on any atom is 0.156 e. The van der Waals surface area contributed by atoms with E-state index in [1.165, 1.54) is 12.1 Å². The van der Waals surface area contributed by atoms with Gasteiger partial charge in [-0.3, -0.25) is 0 Å². The zero-order valence-corrected chi connectivity index (χ0v) is 8.26. The molecule has 0 bridgehead atoms. The van der Waals surface area contributed by atoms with E-state index in [0.717, 1.165) is 11.4 Å². The highest BCUT2D eigenvalue weighted by Gasteiger charge is 1.94. The van der Waals surface area contributed by atoms with Crippen LogP contribution in [0.15, 0.2) is 30.6 Å². The fourth-order valence-electron chi connectivity index (χ4n) is 1.19. The van der Waals surface area contributed by atoms with E-state index in [1.807, 2.05) is 19.2 Å². The molecule has 0 unspecified atom stereocenters. The summed E-state index contributed by atoms with van der Waals surface area (Å²) >= 11 is 0. The molecule has 0 atom stereocenters. The molecule has 1 aromatic carbocycles. The number of rotatable bonds is 2. The predicted octanol–water partition coefficient (Wildman–Crippen LogP) is 2.12. The van der Waals surface area contributed by atoms with Crippen molar-refractivity contribution in [1.82, 2.24) is 14.8 Å². The van der Waals surface area contributed by atoms with Gasteiger partial charge in [0.2, 0.25) is 0 Å². The smallest absolute Gasteiger partial charge is 0.156 e. The van der Waals surface area contributed by atoms with Crippen LogP contribution in [0.2, 0.25) is 0 Å². The number of benzene rings is 1. The van der Waals surface area contributed by atoms with Crippen molar-refractivity contribution in [3.8, 4) is 0 Å². The Balaban J connectivity index is 2.19. The van der Waals surface area contributed by atoms with Crippen LogP contribution in [-0.2, 0) is 7.05 Å². The molecular weight excluding hydrogens is 193 g/mol. The highest BCUT2D eigenvalue weighted by atomic mass is 19.1. The molecule has 0 spiro atoms. The Morgan fingerprint density at radius 1 is 1.20 bits per heavy atom. The van der Waals surface area contributed by atoms with Crippen LogP contribution >= 0.6 is 0 Å². The third kappa shape index (κ3) is 2.28. The Kier molecular flexibility index (Phi) is 2.58. The van der Waals surface area contributed by atoms with Crippen molar-refractivity contribution in [1.29, 1.82) is 0 Å². The highest BCUT2D eigenvalue weighted by Crippen LogP contribution is 2.06. The summed E-state index contributed by atoms with van der Waals surface area (Å²) in [6.07, 6.45) is 5.33. The summed E-state index contributed by atoms with van der Waals surface area (Å²) < 4.78 is 14.4. The zero-order chi connectivity index (χ0) is 10.7. The second-order valence-corrected chi connectivity index (χ2v) is 3.18. The molecule has 1 heterocycles. The molecule has 2 aromatic rings. The fraction of sp³-hybridized carbons (Fsp3) is 0.0909. The van der Waals surface area contributed by atoms with Gasteiger partial charge in [-0.1, -0.05) is 18.2 Å². The van der Waals surface area contributed by atoms with Crippen LogP contribution in [0.5, 0.6) is 0 Å². The van der Waals surface area contributed by atoms with Gasteiger partial charge in [-0.25, -0.2) is 4.39 Å². The molecule has 0 aliphatic carbocycles. The lowest BCUT2D eigenvalue weighted by molar-refractivity contribution is 0.628. The van der Waals surface area contributed by atoms with E-state index in [0.29, 0.717) is 0 Å². The van der Waals surface area contributed by atoms with Crippen molar-refractivity contribution in [2.75, 3.05) is 0 Å². The van der Waals surface area contributed by atoms with Gasteiger partial charge in [0.15, 0.2) is 5.82 Å². The van der Waals surface area contributed by atoms with Crippen LogP contribution in [-0.4, -0.2) is 14.8 Å². The average Bonchev–Trinajstić information content (AvgIpc) is 2.63. The van der Waals surface area contributed by atoms with Crippen LogP contribution in [0.25, 0.3) is 12.2 Å². The van der Waals surface area contributed by atoms with E-state index in [-0.39, 0.29) is 5.82 Å². The van der Waals surface area contributed by atoms with Gasteiger partial charge in [0.25, 0.3) is 0 Å². The molecule has 0 fully saturated rings. The van der Waals surface area contributed by atoms with E-state index in [4.69, 9.17) is 0 Å². The van der Waals surface area contributed by atoms with Gasteiger partial charge < -0.3 is 4.57 Å². The zero-order valence-electron chi connectivity index (χ0n) is 8.26. The molecule has 0 amide bonds. The number of hydrogen-bond donors (Lipinski definition) is 0. The largest absolute Gasteiger partial charge is 0.317 e. The first-order chi connectivity index (χ1) is 7.25. The summed E-state index contributed by atoms with van der Waals surface area (Å²) in [5, 5.41) is 7.65. The number of aryl methyl sites for hydroxylation is 1. The second kappa shape index (κ2) is 4.04. The minimum Gasteiger partial charge on any atom is -0.317 e. The Morgan fingerprint density at radius 3 is 2.53 bits per heavy atom. The minimum absolute atomic E-state index is 0.231. The van der Waals surface area contributed by atoms with Gasteiger partial charge in [0.1, 0.15) is 12.1 Å². The number of hydrogen-bond acceptors (Lipinski definition) is 2. The van der Waals surface area contributed by atoms with Crippen molar-refractivity contribution in [3.05, 3.63) is 47.8 Å². The molecule has 2 rings (SSSR count). The molecule has 0 saturated heterocycles. The van der Waals surface area contributed by atoms with Gasteiger partial charge in [0.05, 0.1) is 0 Å². The van der Waals surface area contributed by atoms with Gasteiger partial charge >= 0.3 is 0 Å². The summed E-state index contributed by atoms with van der Waals surface area (Å²) in [6, 6.07) is 6.27. The monoisotopic (exact) mass is 203 g/mol. The Morgan fingerprint density at radius 2 is 1.93 bits per heavy atom. The summed E-state index contributed by atoms with van der Waals surface area (Å²) in [6.45, 7) is 0. The quantitative estimate of drug-likeness (QED) is 0.748. The van der Waals surface area contributed by atoms with Crippen LogP contribution in [0, 0.1) is 5.82 Å². The Bertz CT molecular complexity index is 471. The van der Waals surface area contributed by atoms with Gasteiger partial charge in [-0.2, -0.15) is 0 Å². The maximum absolute atomic E-state index is 12.6. The first-order valence-electron chi connectivity index (χ1n) is 4.53. The van der Waals surface area contributed by atoms with Crippen LogP contribution in [0.1, 0.15) is 11.4 Å². The molecule has 4 heteroatoms. The summed E-state index contributed by atoms with van der Waals surface area (Å²) in [7, 11) is 1.87. The summed E-state index contributed by atoms with van der Waals surface area (Å²) in [4.78, 5) is 0. The normalized spacial score (nSPS) is 11.1. The van der Waals surface area contributed by atoms with Crippen molar-refractivity contribution in [2.24, 2.45) is 7.05 Å². The third-order valence-corrected chi connectivity index (χ3v) is 2.04. The van der Waals surface area contributed by atoms with E-state index in [2.05, 4.69) is 10.2 Å². The molecular formula is C11H10FN3. The molecule has 3 nitrogen and oxygen atoms in total. The lowest BCUT2D eigenvalue weighted by Gasteiger charge is -1.93. The highest BCUT2D eigenvalue weighted by molar-refractivity contribution is 5.66. The molecule has 1 aromatic heterocycles. The van der Waals surface area contributed by atoms with E-state index >= 15 is 0 Å². The van der Waals surface area contributed by atoms with Crippen molar-refractivity contribution >= 4 is 12.2 Å².